The molecule has 0 spiro atoms. The second-order valence-corrected chi connectivity index (χ2v) is 14.5. The first-order valence-corrected chi connectivity index (χ1v) is 16.0. The maximum atomic E-state index is 10.2. The molecule has 0 heterocycles. The Hall–Kier alpha value is -0.830. The van der Waals surface area contributed by atoms with Gasteiger partial charge in [-0.25, -0.2) is 0 Å². The lowest BCUT2D eigenvalue weighted by Gasteiger charge is -2.58. The third-order valence-electron chi connectivity index (χ3n) is 11.7. The molecule has 0 radical (unpaired) electrons. The highest BCUT2D eigenvalue weighted by Crippen LogP contribution is 2.67. The zero-order chi connectivity index (χ0) is 29.8. The fourth-order valence-electron chi connectivity index (χ4n) is 9.28. The van der Waals surface area contributed by atoms with Crippen molar-refractivity contribution in [3.8, 4) is 0 Å². The minimum Gasteiger partial charge on any atom is -0.394 e. The van der Waals surface area contributed by atoms with Crippen LogP contribution in [0.4, 0.5) is 0 Å². The van der Waals surface area contributed by atoms with Crippen LogP contribution in [0.25, 0.3) is 0 Å². The number of allylic oxidation sites excluding steroid dienone is 1. The van der Waals surface area contributed by atoms with Gasteiger partial charge in [0.05, 0.1) is 12.7 Å². The van der Waals surface area contributed by atoms with E-state index in [0.717, 1.165) is 48.3 Å². The van der Waals surface area contributed by atoms with Crippen molar-refractivity contribution < 1.29 is 35.4 Å². The predicted octanol–water partition coefficient (Wildman–Crippen LogP) is 4.01. The predicted molar refractivity (Wildman–Crippen MR) is 156 cm³/mol. The molecule has 0 aromatic rings. The van der Waals surface area contributed by atoms with Gasteiger partial charge in [0, 0.05) is 0 Å². The first kappa shape index (κ1) is 33.7. The lowest BCUT2D eigenvalue weighted by molar-refractivity contribution is -0.136. The highest BCUT2D eigenvalue weighted by molar-refractivity contribution is 5.56. The van der Waals surface area contributed by atoms with Crippen LogP contribution in [0.2, 0.25) is 0 Å². The van der Waals surface area contributed by atoms with E-state index in [1.807, 2.05) is 0 Å². The van der Waals surface area contributed by atoms with Gasteiger partial charge >= 0.3 is 0 Å². The number of rotatable bonds is 10. The monoisotopic (exact) mass is 566 g/mol. The molecule has 0 aromatic heterocycles. The first-order chi connectivity index (χ1) is 18.8. The fraction of sp³-hybridized carbons (Fsp3) is 0.909. The molecule has 3 fully saturated rings. The molecule has 3 saturated carbocycles. The molecule has 40 heavy (non-hydrogen) atoms. The average molecular weight is 567 g/mol. The smallest absolute Gasteiger partial charge is 0.151 e. The molecule has 6 N–H and O–H groups in total. The largest absolute Gasteiger partial charge is 0.394 e. The van der Waals surface area contributed by atoms with Crippen LogP contribution in [0.15, 0.2) is 11.6 Å². The summed E-state index contributed by atoms with van der Waals surface area (Å²) in [6.45, 7) is 11.8. The summed E-state index contributed by atoms with van der Waals surface area (Å²) in [6, 6.07) is 0. The van der Waals surface area contributed by atoms with Crippen LogP contribution in [0, 0.1) is 46.3 Å². The van der Waals surface area contributed by atoms with E-state index in [2.05, 4.69) is 40.7 Å². The van der Waals surface area contributed by atoms with Gasteiger partial charge < -0.3 is 35.4 Å². The van der Waals surface area contributed by atoms with Crippen molar-refractivity contribution in [3.63, 3.8) is 0 Å². The average Bonchev–Trinajstić information content (AvgIpc) is 3.29. The molecule has 4 rings (SSSR count). The van der Waals surface area contributed by atoms with Crippen LogP contribution < -0.4 is 0 Å². The number of aliphatic hydroxyl groups is 6. The summed E-state index contributed by atoms with van der Waals surface area (Å²) in [7, 11) is 0. The number of fused-ring (bicyclic) bond motifs is 5. The highest BCUT2D eigenvalue weighted by Gasteiger charge is 2.59. The summed E-state index contributed by atoms with van der Waals surface area (Å²) in [5.41, 5.74) is 2.60. The van der Waals surface area contributed by atoms with Gasteiger partial charge in [0.1, 0.15) is 24.4 Å². The molecule has 0 amide bonds. The molecule has 0 bridgehead atoms. The minimum atomic E-state index is -1.79. The molecular weight excluding hydrogens is 508 g/mol. The molecule has 0 unspecified atom stereocenters. The Morgan fingerprint density at radius 1 is 0.950 bits per heavy atom. The van der Waals surface area contributed by atoms with Gasteiger partial charge in [-0.1, -0.05) is 65.5 Å². The molecule has 0 aliphatic heterocycles. The van der Waals surface area contributed by atoms with Crippen LogP contribution in [0.5, 0.6) is 0 Å². The standard InChI is InChI=1S/C27H46O.C6H12O6/c1-18(2)7-6-8-19(3)23-11-12-24-22-10-9-20-17-21(28)13-15-26(20,4)25(22)14-16-27(23,24)5;7-1-3(9)5(11)6(12)4(10)2-8/h9,18-19,21-25,28H,6-8,10-17H2,1-5H3;1,3-6,8-12H,2H2/t19-,21+,22+,23-,24+,25+,26+,27-;3-,4+,5+,6-/m10/s1. The molecule has 4 aliphatic carbocycles. The topological polar surface area (TPSA) is 138 Å². The maximum Gasteiger partial charge on any atom is 0.151 e. The van der Waals surface area contributed by atoms with Gasteiger partial charge in [0.25, 0.3) is 0 Å². The fourth-order valence-corrected chi connectivity index (χ4v) is 9.28. The van der Waals surface area contributed by atoms with Crippen molar-refractivity contribution in [2.24, 2.45) is 46.3 Å². The summed E-state index contributed by atoms with van der Waals surface area (Å²) in [5.74, 6) is 5.46. The maximum absolute atomic E-state index is 10.2. The van der Waals surface area contributed by atoms with Gasteiger partial charge in [-0.15, -0.1) is 0 Å². The first-order valence-electron chi connectivity index (χ1n) is 16.0. The van der Waals surface area contributed by atoms with Gasteiger partial charge in [-0.05, 0) is 97.7 Å². The third-order valence-corrected chi connectivity index (χ3v) is 11.7. The van der Waals surface area contributed by atoms with Crippen molar-refractivity contribution >= 4 is 6.29 Å². The van der Waals surface area contributed by atoms with E-state index >= 15 is 0 Å². The van der Waals surface area contributed by atoms with Gasteiger partial charge in [0.15, 0.2) is 6.29 Å². The molecule has 7 heteroatoms. The molecule has 12 atom stereocenters. The number of aliphatic hydroxyl groups excluding tert-OH is 6. The summed E-state index contributed by atoms with van der Waals surface area (Å²) < 4.78 is 0. The Bertz CT molecular complexity index is 845. The van der Waals surface area contributed by atoms with Gasteiger partial charge in [0.2, 0.25) is 0 Å². The van der Waals surface area contributed by atoms with E-state index in [1.54, 1.807) is 5.57 Å². The molecule has 232 valence electrons. The highest BCUT2D eigenvalue weighted by atomic mass is 16.4. The summed E-state index contributed by atoms with van der Waals surface area (Å²) in [6.07, 6.45) is 10.3. The summed E-state index contributed by atoms with van der Waals surface area (Å²) >= 11 is 0. The van der Waals surface area contributed by atoms with Crippen molar-refractivity contribution in [2.75, 3.05) is 6.61 Å². The van der Waals surface area contributed by atoms with Crippen LogP contribution in [0.3, 0.4) is 0 Å². The third kappa shape index (κ3) is 7.03. The number of hydrogen-bond donors (Lipinski definition) is 6. The lowest BCUT2D eigenvalue weighted by Crippen LogP contribution is -2.50. The summed E-state index contributed by atoms with van der Waals surface area (Å²) in [5, 5.41) is 53.7. The Labute approximate surface area is 242 Å². The minimum absolute atomic E-state index is 0.0258. The second kappa shape index (κ2) is 14.1. The van der Waals surface area contributed by atoms with E-state index in [-0.39, 0.29) is 12.4 Å². The van der Waals surface area contributed by atoms with E-state index in [9.17, 15) is 9.90 Å². The van der Waals surface area contributed by atoms with Crippen molar-refractivity contribution in [3.05, 3.63) is 11.6 Å². The number of carbonyl (C=O) groups excluding carboxylic acids is 1. The van der Waals surface area contributed by atoms with Crippen LogP contribution in [0.1, 0.15) is 105 Å². The van der Waals surface area contributed by atoms with Gasteiger partial charge in [-0.2, -0.15) is 0 Å². The van der Waals surface area contributed by atoms with Crippen molar-refractivity contribution in [1.29, 1.82) is 0 Å². The number of aldehydes is 1. The molecule has 0 saturated heterocycles. The SMILES string of the molecule is CC(C)CCC[C@@H](C)[C@H]1CC[C@H]2[C@@H]3CC=C4C[C@@H](O)CC[C@]4(C)[C@H]3CC[C@]12C.O=C[C@H](O)[C@@H](O)[C@@H](O)[C@H](O)CO. The van der Waals surface area contributed by atoms with Crippen molar-refractivity contribution in [1.82, 2.24) is 0 Å². The van der Waals surface area contributed by atoms with E-state index in [0.29, 0.717) is 10.8 Å². The van der Waals surface area contributed by atoms with E-state index in [1.165, 1.54) is 57.8 Å². The molecular formula is C33H58O7. The Kier molecular flexibility index (Phi) is 11.9. The zero-order valence-corrected chi connectivity index (χ0v) is 25.6. The van der Waals surface area contributed by atoms with E-state index in [4.69, 9.17) is 25.5 Å². The Morgan fingerprint density at radius 3 is 2.27 bits per heavy atom. The molecule has 7 nitrogen and oxygen atoms in total. The second-order valence-electron chi connectivity index (χ2n) is 14.5. The molecule has 4 aliphatic rings. The zero-order valence-electron chi connectivity index (χ0n) is 25.6. The Balaban J connectivity index is 0.000000312. The molecule has 0 aromatic carbocycles. The Morgan fingerprint density at radius 2 is 1.65 bits per heavy atom. The lowest BCUT2D eigenvalue weighted by atomic mass is 9.47. The normalized spacial score (nSPS) is 38.9. The van der Waals surface area contributed by atoms with Crippen LogP contribution >= 0.6 is 0 Å². The van der Waals surface area contributed by atoms with Crippen molar-refractivity contribution in [2.45, 2.75) is 136 Å². The number of hydrogen-bond acceptors (Lipinski definition) is 7. The number of carbonyl (C=O) groups is 1. The summed E-state index contributed by atoms with van der Waals surface area (Å²) in [4.78, 5) is 9.90. The van der Waals surface area contributed by atoms with Gasteiger partial charge in [-0.3, -0.25) is 0 Å². The quantitative estimate of drug-likeness (QED) is 0.174. The van der Waals surface area contributed by atoms with Crippen LogP contribution in [-0.2, 0) is 4.79 Å². The van der Waals surface area contributed by atoms with Crippen LogP contribution in [-0.4, -0.2) is 74.1 Å². The van der Waals surface area contributed by atoms with E-state index < -0.39 is 31.0 Å².